The summed E-state index contributed by atoms with van der Waals surface area (Å²) < 4.78 is 0. The number of hydrogen-bond acceptors (Lipinski definition) is 2. The molecule has 0 unspecified atom stereocenters. The van der Waals surface area contributed by atoms with Crippen LogP contribution in [-0.4, -0.2) is 25.2 Å². The van der Waals surface area contributed by atoms with E-state index >= 15 is 0 Å². The molecule has 1 aliphatic carbocycles. The van der Waals surface area contributed by atoms with Crippen molar-refractivity contribution in [2.75, 3.05) is 13.1 Å². The van der Waals surface area contributed by atoms with Gasteiger partial charge < -0.3 is 10.6 Å². The fourth-order valence-corrected chi connectivity index (χ4v) is 2.74. The zero-order chi connectivity index (χ0) is 8.55. The highest BCUT2D eigenvalue weighted by Gasteiger charge is 2.38. The number of rotatable bonds is 2. The Balaban J connectivity index is 1.96. The lowest BCUT2D eigenvalue weighted by molar-refractivity contribution is 0.258. The summed E-state index contributed by atoms with van der Waals surface area (Å²) in [5, 5.41) is 7.21. The molecule has 1 saturated heterocycles. The van der Waals surface area contributed by atoms with Crippen molar-refractivity contribution < 1.29 is 0 Å². The van der Waals surface area contributed by atoms with Crippen molar-refractivity contribution in [3.05, 3.63) is 0 Å². The molecule has 2 aliphatic rings. The SMILES string of the molecule is CC(C)N[C@H]1[C@@H]2CC[C@H]1CNC2. The van der Waals surface area contributed by atoms with Gasteiger partial charge in [0.05, 0.1) is 0 Å². The first kappa shape index (κ1) is 8.52. The summed E-state index contributed by atoms with van der Waals surface area (Å²) in [5.41, 5.74) is 0. The summed E-state index contributed by atoms with van der Waals surface area (Å²) in [6.45, 7) is 6.98. The van der Waals surface area contributed by atoms with Gasteiger partial charge in [0.15, 0.2) is 0 Å². The third-order valence-corrected chi connectivity index (χ3v) is 3.26. The monoisotopic (exact) mass is 168 g/mol. The maximum atomic E-state index is 3.70. The van der Waals surface area contributed by atoms with Crippen LogP contribution in [0, 0.1) is 11.8 Å². The molecule has 1 saturated carbocycles. The predicted molar refractivity (Wildman–Crippen MR) is 51.1 cm³/mol. The summed E-state index contributed by atoms with van der Waals surface area (Å²) >= 11 is 0. The Hall–Kier alpha value is -0.0800. The van der Waals surface area contributed by atoms with E-state index in [4.69, 9.17) is 0 Å². The van der Waals surface area contributed by atoms with Crippen LogP contribution in [0.3, 0.4) is 0 Å². The summed E-state index contributed by atoms with van der Waals surface area (Å²) in [6, 6.07) is 1.46. The highest BCUT2D eigenvalue weighted by molar-refractivity contribution is 4.96. The number of piperidine rings is 1. The summed E-state index contributed by atoms with van der Waals surface area (Å²) in [7, 11) is 0. The molecule has 1 aliphatic heterocycles. The molecule has 70 valence electrons. The van der Waals surface area contributed by atoms with Gasteiger partial charge in [0, 0.05) is 12.1 Å². The minimum atomic E-state index is 0.649. The fourth-order valence-electron chi connectivity index (χ4n) is 2.74. The van der Waals surface area contributed by atoms with E-state index in [0.29, 0.717) is 6.04 Å². The van der Waals surface area contributed by atoms with Crippen molar-refractivity contribution in [2.45, 2.75) is 38.8 Å². The normalized spacial score (nSPS) is 40.8. The van der Waals surface area contributed by atoms with Crippen LogP contribution in [0.2, 0.25) is 0 Å². The van der Waals surface area contributed by atoms with Crippen molar-refractivity contribution in [3.8, 4) is 0 Å². The van der Waals surface area contributed by atoms with Crippen LogP contribution in [-0.2, 0) is 0 Å². The molecule has 2 N–H and O–H groups in total. The Kier molecular flexibility index (Phi) is 2.37. The Morgan fingerprint density at radius 1 is 1.17 bits per heavy atom. The van der Waals surface area contributed by atoms with Gasteiger partial charge in [-0.1, -0.05) is 13.8 Å². The van der Waals surface area contributed by atoms with Gasteiger partial charge in [-0.2, -0.15) is 0 Å². The van der Waals surface area contributed by atoms with Crippen molar-refractivity contribution in [1.82, 2.24) is 10.6 Å². The van der Waals surface area contributed by atoms with Gasteiger partial charge in [0.1, 0.15) is 0 Å². The van der Waals surface area contributed by atoms with E-state index in [9.17, 15) is 0 Å². The second-order valence-corrected chi connectivity index (χ2v) is 4.60. The molecule has 2 nitrogen and oxygen atoms in total. The van der Waals surface area contributed by atoms with Gasteiger partial charge in [-0.15, -0.1) is 0 Å². The average molecular weight is 168 g/mol. The Bertz CT molecular complexity index is 140. The standard InChI is InChI=1S/C10H20N2/c1-7(2)12-10-8-3-4-9(10)6-11-5-8/h7-12H,3-6H2,1-2H3/t8-,9+,10+. The molecule has 0 aromatic carbocycles. The molecule has 0 aromatic rings. The fraction of sp³-hybridized carbons (Fsp3) is 1.00. The molecule has 3 atom stereocenters. The first-order chi connectivity index (χ1) is 5.77. The molecular formula is C10H20N2. The lowest BCUT2D eigenvalue weighted by Crippen LogP contribution is -2.51. The molecule has 0 aromatic heterocycles. The molecule has 2 fully saturated rings. The number of nitrogens with one attached hydrogen (secondary N) is 2. The molecule has 2 bridgehead atoms. The highest BCUT2D eigenvalue weighted by Crippen LogP contribution is 2.33. The van der Waals surface area contributed by atoms with E-state index in [-0.39, 0.29) is 0 Å². The molecular weight excluding hydrogens is 148 g/mol. The average Bonchev–Trinajstić information content (AvgIpc) is 2.30. The molecule has 12 heavy (non-hydrogen) atoms. The topological polar surface area (TPSA) is 24.1 Å². The molecule has 0 amide bonds. The van der Waals surface area contributed by atoms with E-state index in [2.05, 4.69) is 24.5 Å². The molecule has 0 radical (unpaired) electrons. The van der Waals surface area contributed by atoms with Gasteiger partial charge in [-0.25, -0.2) is 0 Å². The van der Waals surface area contributed by atoms with E-state index in [1.54, 1.807) is 0 Å². The zero-order valence-corrected chi connectivity index (χ0v) is 8.14. The van der Waals surface area contributed by atoms with Gasteiger partial charge in [-0.3, -0.25) is 0 Å². The van der Waals surface area contributed by atoms with Crippen molar-refractivity contribution in [1.29, 1.82) is 0 Å². The maximum absolute atomic E-state index is 3.70. The molecule has 0 spiro atoms. The minimum absolute atomic E-state index is 0.649. The lowest BCUT2D eigenvalue weighted by atomic mass is 9.93. The highest BCUT2D eigenvalue weighted by atomic mass is 15.0. The second-order valence-electron chi connectivity index (χ2n) is 4.60. The van der Waals surface area contributed by atoms with E-state index < -0.39 is 0 Å². The van der Waals surface area contributed by atoms with Gasteiger partial charge in [-0.05, 0) is 37.8 Å². The minimum Gasteiger partial charge on any atom is -0.316 e. The quantitative estimate of drug-likeness (QED) is 0.642. The van der Waals surface area contributed by atoms with Crippen molar-refractivity contribution in [3.63, 3.8) is 0 Å². The lowest BCUT2D eigenvalue weighted by Gasteiger charge is -2.33. The number of hydrogen-bond donors (Lipinski definition) is 2. The molecule has 2 rings (SSSR count). The molecule has 1 heterocycles. The maximum Gasteiger partial charge on any atom is 0.0150 e. The van der Waals surface area contributed by atoms with Crippen LogP contribution >= 0.6 is 0 Å². The van der Waals surface area contributed by atoms with Crippen LogP contribution < -0.4 is 10.6 Å². The largest absolute Gasteiger partial charge is 0.316 e. The van der Waals surface area contributed by atoms with Gasteiger partial charge in [0.25, 0.3) is 0 Å². The van der Waals surface area contributed by atoms with Gasteiger partial charge >= 0.3 is 0 Å². The van der Waals surface area contributed by atoms with Crippen LogP contribution in [0.15, 0.2) is 0 Å². The first-order valence-electron chi connectivity index (χ1n) is 5.24. The third kappa shape index (κ3) is 1.50. The van der Waals surface area contributed by atoms with Crippen LogP contribution in [0.5, 0.6) is 0 Å². The van der Waals surface area contributed by atoms with E-state index in [1.807, 2.05) is 0 Å². The zero-order valence-electron chi connectivity index (χ0n) is 8.14. The predicted octanol–water partition coefficient (Wildman–Crippen LogP) is 0.982. The van der Waals surface area contributed by atoms with E-state index in [0.717, 1.165) is 17.9 Å². The summed E-state index contributed by atoms with van der Waals surface area (Å²) in [4.78, 5) is 0. The van der Waals surface area contributed by atoms with Gasteiger partial charge in [0.2, 0.25) is 0 Å². The van der Waals surface area contributed by atoms with E-state index in [1.165, 1.54) is 25.9 Å². The smallest absolute Gasteiger partial charge is 0.0150 e. The first-order valence-corrected chi connectivity index (χ1v) is 5.24. The Morgan fingerprint density at radius 2 is 1.75 bits per heavy atom. The van der Waals surface area contributed by atoms with Crippen LogP contribution in [0.25, 0.3) is 0 Å². The van der Waals surface area contributed by atoms with Crippen molar-refractivity contribution >= 4 is 0 Å². The second kappa shape index (κ2) is 3.35. The Labute approximate surface area is 75.1 Å². The van der Waals surface area contributed by atoms with Crippen LogP contribution in [0.4, 0.5) is 0 Å². The summed E-state index contributed by atoms with van der Waals surface area (Å²) in [5.74, 6) is 1.82. The summed E-state index contributed by atoms with van der Waals surface area (Å²) in [6.07, 6.45) is 2.87. The molecule has 2 heteroatoms. The Morgan fingerprint density at radius 3 is 2.25 bits per heavy atom. The van der Waals surface area contributed by atoms with Crippen molar-refractivity contribution in [2.24, 2.45) is 11.8 Å². The third-order valence-electron chi connectivity index (χ3n) is 3.26. The van der Waals surface area contributed by atoms with Crippen LogP contribution in [0.1, 0.15) is 26.7 Å². The number of fused-ring (bicyclic) bond motifs is 2.